The lowest BCUT2D eigenvalue weighted by atomic mass is 9.89. The van der Waals surface area contributed by atoms with Gasteiger partial charge in [-0.05, 0) is 32.2 Å². The van der Waals surface area contributed by atoms with E-state index in [1.165, 1.54) is 38.6 Å². The van der Waals surface area contributed by atoms with Crippen molar-refractivity contribution in [1.29, 1.82) is 0 Å². The van der Waals surface area contributed by atoms with E-state index in [2.05, 4.69) is 10.3 Å². The van der Waals surface area contributed by atoms with Gasteiger partial charge >= 0.3 is 0 Å². The van der Waals surface area contributed by atoms with E-state index in [1.54, 1.807) is 18.0 Å². The van der Waals surface area contributed by atoms with Gasteiger partial charge in [-0.2, -0.15) is 0 Å². The van der Waals surface area contributed by atoms with Crippen molar-refractivity contribution in [2.45, 2.75) is 44.3 Å². The Bertz CT molecular complexity index is 321. The second-order valence-corrected chi connectivity index (χ2v) is 5.86. The maximum absolute atomic E-state index is 5.28. The lowest BCUT2D eigenvalue weighted by molar-refractivity contribution is 0.345. The smallest absolute Gasteiger partial charge is 0.255 e. The quantitative estimate of drug-likeness (QED) is 0.625. The van der Waals surface area contributed by atoms with Gasteiger partial charge in [0.15, 0.2) is 0 Å². The van der Waals surface area contributed by atoms with Crippen molar-refractivity contribution in [3.8, 4) is 0 Å². The van der Waals surface area contributed by atoms with Crippen molar-refractivity contribution < 1.29 is 4.42 Å². The Hall–Kier alpha value is -0.480. The van der Waals surface area contributed by atoms with Crippen LogP contribution in [-0.2, 0) is 0 Å². The Morgan fingerprint density at radius 2 is 2.24 bits per heavy atom. The van der Waals surface area contributed by atoms with E-state index >= 15 is 0 Å². The summed E-state index contributed by atoms with van der Waals surface area (Å²) in [6.07, 6.45) is 8.83. The molecule has 0 spiro atoms. The summed E-state index contributed by atoms with van der Waals surface area (Å²) in [6.45, 7) is 4.18. The molecule has 96 valence electrons. The molecule has 0 aromatic carbocycles. The topological polar surface area (TPSA) is 38.1 Å². The van der Waals surface area contributed by atoms with Gasteiger partial charge < -0.3 is 9.73 Å². The third-order valence-corrected chi connectivity index (χ3v) is 4.10. The monoisotopic (exact) mass is 254 g/mol. The van der Waals surface area contributed by atoms with Crippen LogP contribution in [-0.4, -0.2) is 23.8 Å². The van der Waals surface area contributed by atoms with Gasteiger partial charge in [-0.1, -0.05) is 31.0 Å². The second-order valence-electron chi connectivity index (χ2n) is 4.81. The lowest BCUT2D eigenvalue weighted by Crippen LogP contribution is -2.26. The largest absolute Gasteiger partial charge is 0.440 e. The van der Waals surface area contributed by atoms with Gasteiger partial charge in [0.25, 0.3) is 5.22 Å². The molecule has 1 heterocycles. The van der Waals surface area contributed by atoms with Gasteiger partial charge in [0.1, 0.15) is 6.26 Å². The summed E-state index contributed by atoms with van der Waals surface area (Å²) in [7, 11) is 0. The van der Waals surface area contributed by atoms with Gasteiger partial charge in [0.05, 0.1) is 5.69 Å². The molecule has 0 aliphatic heterocycles. The molecule has 0 radical (unpaired) electrons. The molecule has 1 fully saturated rings. The summed E-state index contributed by atoms with van der Waals surface area (Å²) < 4.78 is 5.28. The fourth-order valence-electron chi connectivity index (χ4n) is 2.31. The van der Waals surface area contributed by atoms with Crippen LogP contribution in [0.4, 0.5) is 0 Å². The van der Waals surface area contributed by atoms with Crippen LogP contribution in [0.5, 0.6) is 0 Å². The lowest BCUT2D eigenvalue weighted by Gasteiger charge is -2.21. The molecule has 2 rings (SSSR count). The molecular weight excluding hydrogens is 232 g/mol. The molecule has 1 N–H and O–H groups in total. The first kappa shape index (κ1) is 13.0. The molecule has 0 unspecified atom stereocenters. The zero-order valence-corrected chi connectivity index (χ0v) is 11.4. The van der Waals surface area contributed by atoms with Gasteiger partial charge in [-0.15, -0.1) is 0 Å². The number of nitrogens with one attached hydrogen (secondary N) is 1. The second kappa shape index (κ2) is 7.07. The molecule has 1 aliphatic carbocycles. The molecule has 0 bridgehead atoms. The van der Waals surface area contributed by atoms with Crippen LogP contribution >= 0.6 is 11.8 Å². The van der Waals surface area contributed by atoms with Crippen LogP contribution in [0.3, 0.4) is 0 Å². The zero-order chi connectivity index (χ0) is 11.9. The zero-order valence-electron chi connectivity index (χ0n) is 10.6. The number of hydrogen-bond acceptors (Lipinski definition) is 4. The van der Waals surface area contributed by atoms with Crippen LogP contribution in [0.25, 0.3) is 0 Å². The third-order valence-electron chi connectivity index (χ3n) is 3.26. The highest BCUT2D eigenvalue weighted by Crippen LogP contribution is 2.22. The molecule has 1 aliphatic rings. The molecule has 1 aromatic heterocycles. The molecule has 4 heteroatoms. The molecule has 1 aromatic rings. The van der Waals surface area contributed by atoms with E-state index in [0.29, 0.717) is 0 Å². The first-order valence-corrected chi connectivity index (χ1v) is 7.59. The van der Waals surface area contributed by atoms with E-state index in [0.717, 1.165) is 29.1 Å². The average Bonchev–Trinajstić information content (AvgIpc) is 2.76. The number of thioether (sulfide) groups is 1. The highest BCUT2D eigenvalue weighted by Gasteiger charge is 2.12. The molecular formula is C13H22N2OS. The number of rotatable bonds is 6. The molecule has 1 saturated carbocycles. The molecule has 0 saturated heterocycles. The van der Waals surface area contributed by atoms with Crippen molar-refractivity contribution in [3.05, 3.63) is 12.0 Å². The number of hydrogen-bond donors (Lipinski definition) is 1. The minimum Gasteiger partial charge on any atom is -0.440 e. The Morgan fingerprint density at radius 3 is 2.94 bits per heavy atom. The summed E-state index contributed by atoms with van der Waals surface area (Å²) in [4.78, 5) is 4.27. The van der Waals surface area contributed by atoms with E-state index in [1.807, 2.05) is 6.92 Å². The highest BCUT2D eigenvalue weighted by atomic mass is 32.2. The Kier molecular flexibility index (Phi) is 5.39. The summed E-state index contributed by atoms with van der Waals surface area (Å²) in [5, 5.41) is 4.34. The number of oxazole rings is 1. The van der Waals surface area contributed by atoms with Gasteiger partial charge in [-0.25, -0.2) is 4.98 Å². The van der Waals surface area contributed by atoms with Crippen molar-refractivity contribution in [1.82, 2.24) is 10.3 Å². The van der Waals surface area contributed by atoms with E-state index in [-0.39, 0.29) is 0 Å². The van der Waals surface area contributed by atoms with Crippen LogP contribution in [0.1, 0.15) is 37.8 Å². The van der Waals surface area contributed by atoms with E-state index in [4.69, 9.17) is 4.42 Å². The normalized spacial score (nSPS) is 17.5. The first-order valence-electron chi connectivity index (χ1n) is 6.60. The van der Waals surface area contributed by atoms with E-state index in [9.17, 15) is 0 Å². The van der Waals surface area contributed by atoms with E-state index < -0.39 is 0 Å². The molecule has 0 atom stereocenters. The van der Waals surface area contributed by atoms with Crippen LogP contribution < -0.4 is 5.32 Å². The summed E-state index contributed by atoms with van der Waals surface area (Å²) >= 11 is 1.69. The van der Waals surface area contributed by atoms with Crippen molar-refractivity contribution in [2.24, 2.45) is 5.92 Å². The minimum atomic E-state index is 0.793. The standard InChI is InChI=1S/C13H22N2OS/c1-11-10-16-13(15-11)17-8-7-14-9-12-5-3-2-4-6-12/h10,12,14H,2-9H2,1H3. The maximum Gasteiger partial charge on any atom is 0.255 e. The Morgan fingerprint density at radius 1 is 1.41 bits per heavy atom. The van der Waals surface area contributed by atoms with Crippen LogP contribution in [0.15, 0.2) is 15.9 Å². The minimum absolute atomic E-state index is 0.793. The fraction of sp³-hybridized carbons (Fsp3) is 0.769. The molecule has 3 nitrogen and oxygen atoms in total. The number of aryl methyl sites for hydroxylation is 1. The predicted octanol–water partition coefficient (Wildman–Crippen LogP) is 3.25. The Balaban J connectivity index is 1.51. The predicted molar refractivity (Wildman–Crippen MR) is 71.4 cm³/mol. The number of nitrogens with zero attached hydrogens (tertiary/aromatic N) is 1. The maximum atomic E-state index is 5.28. The summed E-state index contributed by atoms with van der Waals surface area (Å²) in [5.41, 5.74) is 0.961. The van der Waals surface area contributed by atoms with Gasteiger partial charge in [-0.3, -0.25) is 0 Å². The van der Waals surface area contributed by atoms with Crippen molar-refractivity contribution >= 4 is 11.8 Å². The molecule has 0 amide bonds. The van der Waals surface area contributed by atoms with Crippen LogP contribution in [0, 0.1) is 12.8 Å². The summed E-state index contributed by atoms with van der Waals surface area (Å²) in [6, 6.07) is 0. The average molecular weight is 254 g/mol. The highest BCUT2D eigenvalue weighted by molar-refractivity contribution is 7.99. The Labute approximate surface area is 108 Å². The van der Waals surface area contributed by atoms with Gasteiger partial charge in [0.2, 0.25) is 0 Å². The third kappa shape index (κ3) is 4.72. The van der Waals surface area contributed by atoms with Crippen molar-refractivity contribution in [2.75, 3.05) is 18.8 Å². The summed E-state index contributed by atoms with van der Waals surface area (Å²) in [5.74, 6) is 1.95. The van der Waals surface area contributed by atoms with Gasteiger partial charge in [0, 0.05) is 12.3 Å². The van der Waals surface area contributed by atoms with Crippen LogP contribution in [0.2, 0.25) is 0 Å². The first-order chi connectivity index (χ1) is 8.34. The van der Waals surface area contributed by atoms with Crippen molar-refractivity contribution in [3.63, 3.8) is 0 Å². The number of aromatic nitrogens is 1. The fourth-order valence-corrected chi connectivity index (χ4v) is 3.05. The molecule has 17 heavy (non-hydrogen) atoms. The SMILES string of the molecule is Cc1coc(SCCNCC2CCCCC2)n1.